The van der Waals surface area contributed by atoms with Gasteiger partial charge in [-0.15, -0.1) is 0 Å². The molecule has 1 aromatic rings. The number of carbonyl (C=O) groups excluding carboxylic acids is 4. The number of rotatable bonds is 28. The van der Waals surface area contributed by atoms with Gasteiger partial charge in [0.2, 0.25) is 23.6 Å². The molecule has 54 heavy (non-hydrogen) atoms. The van der Waals surface area contributed by atoms with Crippen molar-refractivity contribution >= 4 is 36.9 Å². The number of hydrogen-bond acceptors (Lipinski definition) is 10. The van der Waals surface area contributed by atoms with Gasteiger partial charge in [-0.1, -0.05) is 46.8 Å². The summed E-state index contributed by atoms with van der Waals surface area (Å²) in [5.41, 5.74) is 0.861. The summed E-state index contributed by atoms with van der Waals surface area (Å²) < 4.78 is 34.3. The SMILES string of the molecule is CCCOCCNC(=O)CN(CC(=O)NCCOCCC)C(Cc1ccc(NC(=O)C2CCC(OP(=O)(O)C(C)C)CC2)cc1)C(=O)NCCOCCC. The van der Waals surface area contributed by atoms with Crippen LogP contribution in [0.2, 0.25) is 0 Å². The summed E-state index contributed by atoms with van der Waals surface area (Å²) in [5, 5.41) is 11.5. The summed E-state index contributed by atoms with van der Waals surface area (Å²) >= 11 is 0. The number of ether oxygens (including phenoxy) is 3. The molecule has 1 aromatic carbocycles. The maximum atomic E-state index is 13.8. The Balaban J connectivity index is 2.16. The average Bonchev–Trinajstić information content (AvgIpc) is 3.14. The van der Waals surface area contributed by atoms with Crippen molar-refractivity contribution in [2.45, 2.75) is 104 Å². The Bertz CT molecular complexity index is 1270. The molecule has 0 spiro atoms. The maximum absolute atomic E-state index is 13.8. The number of nitrogens with zero attached hydrogens (tertiary/aromatic N) is 1. The summed E-state index contributed by atoms with van der Waals surface area (Å²) in [6, 6.07) is 6.25. The minimum Gasteiger partial charge on any atom is -0.380 e. The van der Waals surface area contributed by atoms with E-state index in [0.717, 1.165) is 24.8 Å². The summed E-state index contributed by atoms with van der Waals surface area (Å²) in [6.07, 6.45) is 4.54. The number of hydrogen-bond donors (Lipinski definition) is 5. The second-order valence-electron chi connectivity index (χ2n) is 13.9. The number of anilines is 1. The van der Waals surface area contributed by atoms with E-state index in [0.29, 0.717) is 84.1 Å². The first-order chi connectivity index (χ1) is 25.9. The van der Waals surface area contributed by atoms with Crippen LogP contribution in [0.4, 0.5) is 5.69 Å². The quantitative estimate of drug-likeness (QED) is 0.0616. The Labute approximate surface area is 321 Å². The van der Waals surface area contributed by atoms with Crippen LogP contribution in [-0.2, 0) is 48.9 Å². The van der Waals surface area contributed by atoms with Crippen LogP contribution in [0.5, 0.6) is 0 Å². The fraction of sp³-hybridized carbons (Fsp3) is 0.737. The predicted octanol–water partition coefficient (Wildman–Crippen LogP) is 3.64. The van der Waals surface area contributed by atoms with E-state index in [-0.39, 0.29) is 61.7 Å². The van der Waals surface area contributed by atoms with Crippen LogP contribution in [0.1, 0.15) is 85.1 Å². The molecule has 1 saturated carbocycles. The van der Waals surface area contributed by atoms with Crippen LogP contribution >= 0.6 is 7.60 Å². The van der Waals surface area contributed by atoms with Gasteiger partial charge in [-0.3, -0.25) is 28.6 Å². The Morgan fingerprint density at radius 1 is 0.759 bits per heavy atom. The second kappa shape index (κ2) is 26.8. The van der Waals surface area contributed by atoms with E-state index in [1.165, 1.54) is 0 Å². The van der Waals surface area contributed by atoms with E-state index in [1.807, 2.05) is 32.9 Å². The fourth-order valence-electron chi connectivity index (χ4n) is 5.73. The van der Waals surface area contributed by atoms with Crippen LogP contribution in [0.25, 0.3) is 0 Å². The predicted molar refractivity (Wildman–Crippen MR) is 208 cm³/mol. The average molecular weight is 784 g/mol. The smallest absolute Gasteiger partial charge is 0.330 e. The van der Waals surface area contributed by atoms with Crippen molar-refractivity contribution < 1.29 is 47.4 Å². The highest BCUT2D eigenvalue weighted by Gasteiger charge is 2.34. The number of nitrogens with one attached hydrogen (secondary N) is 4. The van der Waals surface area contributed by atoms with Crippen LogP contribution in [0, 0.1) is 5.92 Å². The van der Waals surface area contributed by atoms with Gasteiger partial charge in [-0.2, -0.15) is 0 Å². The van der Waals surface area contributed by atoms with Crippen molar-refractivity contribution in [3.63, 3.8) is 0 Å². The zero-order valence-electron chi connectivity index (χ0n) is 33.1. The molecule has 15 nitrogen and oxygen atoms in total. The topological polar surface area (TPSA) is 194 Å². The highest BCUT2D eigenvalue weighted by atomic mass is 31.2. The molecule has 1 aliphatic rings. The molecule has 2 unspecified atom stereocenters. The molecule has 0 heterocycles. The van der Waals surface area contributed by atoms with E-state index >= 15 is 0 Å². The van der Waals surface area contributed by atoms with Gasteiger partial charge < -0.3 is 44.9 Å². The molecule has 1 aliphatic carbocycles. The van der Waals surface area contributed by atoms with E-state index in [9.17, 15) is 28.6 Å². The molecular weight excluding hydrogens is 717 g/mol. The van der Waals surface area contributed by atoms with Crippen molar-refractivity contribution in [3.8, 4) is 0 Å². The molecule has 2 rings (SSSR count). The first-order valence-electron chi connectivity index (χ1n) is 19.6. The molecule has 16 heteroatoms. The van der Waals surface area contributed by atoms with Crippen molar-refractivity contribution in [2.24, 2.45) is 5.92 Å². The van der Waals surface area contributed by atoms with E-state index in [4.69, 9.17) is 18.7 Å². The van der Waals surface area contributed by atoms with E-state index in [2.05, 4.69) is 21.3 Å². The lowest BCUT2D eigenvalue weighted by atomic mass is 9.87. The number of carbonyl (C=O) groups is 4. The molecule has 0 bridgehead atoms. The minimum absolute atomic E-state index is 0.136. The maximum Gasteiger partial charge on any atom is 0.330 e. The highest BCUT2D eigenvalue weighted by Crippen LogP contribution is 2.50. The summed E-state index contributed by atoms with van der Waals surface area (Å²) in [7, 11) is -3.68. The Morgan fingerprint density at radius 2 is 1.24 bits per heavy atom. The fourth-order valence-corrected chi connectivity index (χ4v) is 6.61. The summed E-state index contributed by atoms with van der Waals surface area (Å²) in [6.45, 7) is 12.5. The van der Waals surface area contributed by atoms with Gasteiger partial charge >= 0.3 is 7.60 Å². The zero-order chi connectivity index (χ0) is 39.8. The molecule has 1 fully saturated rings. The van der Waals surface area contributed by atoms with E-state index < -0.39 is 19.3 Å². The third-order valence-corrected chi connectivity index (χ3v) is 10.7. The third-order valence-electron chi connectivity index (χ3n) is 8.81. The van der Waals surface area contributed by atoms with Crippen molar-refractivity contribution in [3.05, 3.63) is 29.8 Å². The molecule has 0 radical (unpaired) electrons. The van der Waals surface area contributed by atoms with Crippen molar-refractivity contribution in [1.29, 1.82) is 0 Å². The van der Waals surface area contributed by atoms with Gasteiger partial charge in [0.25, 0.3) is 0 Å². The van der Waals surface area contributed by atoms with Crippen molar-refractivity contribution in [2.75, 3.05) is 77.7 Å². The largest absolute Gasteiger partial charge is 0.380 e. The Kier molecular flexibility index (Phi) is 23.5. The molecule has 0 aliphatic heterocycles. The van der Waals surface area contributed by atoms with Gasteiger partial charge in [0.05, 0.1) is 50.7 Å². The Hall–Kier alpha value is -2.91. The van der Waals surface area contributed by atoms with Crippen molar-refractivity contribution in [1.82, 2.24) is 20.9 Å². The monoisotopic (exact) mass is 783 g/mol. The Morgan fingerprint density at radius 3 is 1.70 bits per heavy atom. The number of amides is 4. The summed E-state index contributed by atoms with van der Waals surface area (Å²) in [5.74, 6) is -1.43. The van der Waals surface area contributed by atoms with Gasteiger partial charge in [-0.25, -0.2) is 0 Å². The molecule has 0 aromatic heterocycles. The summed E-state index contributed by atoms with van der Waals surface area (Å²) in [4.78, 5) is 64.8. The van der Waals surface area contributed by atoms with Crippen LogP contribution < -0.4 is 21.3 Å². The van der Waals surface area contributed by atoms with Crippen LogP contribution in [0.3, 0.4) is 0 Å². The lowest BCUT2D eigenvalue weighted by Crippen LogP contribution is -2.54. The third kappa shape index (κ3) is 19.1. The number of benzene rings is 1. The van der Waals surface area contributed by atoms with Crippen LogP contribution in [0.15, 0.2) is 24.3 Å². The zero-order valence-corrected chi connectivity index (χ0v) is 34.0. The normalized spacial score (nSPS) is 17.5. The second-order valence-corrected chi connectivity index (χ2v) is 16.2. The lowest BCUT2D eigenvalue weighted by Gasteiger charge is -2.30. The van der Waals surface area contributed by atoms with Gasteiger partial charge in [0, 0.05) is 51.1 Å². The molecule has 0 saturated heterocycles. The minimum atomic E-state index is -3.68. The van der Waals surface area contributed by atoms with Gasteiger partial charge in [-0.05, 0) is 69.1 Å². The molecule has 308 valence electrons. The molecule has 4 amide bonds. The highest BCUT2D eigenvalue weighted by molar-refractivity contribution is 7.53. The molecular formula is C38H66N5O10P. The van der Waals surface area contributed by atoms with Gasteiger partial charge in [0.1, 0.15) is 0 Å². The van der Waals surface area contributed by atoms with Crippen LogP contribution in [-0.4, -0.2) is 124 Å². The first kappa shape index (κ1) is 47.2. The lowest BCUT2D eigenvalue weighted by molar-refractivity contribution is -0.131. The molecule has 5 N–H and O–H groups in total. The standard InChI is InChI=1S/C38H66N5O10P/c1-6-20-50-23-17-39-35(44)27-43(28-36(45)40-18-24-51-21-7-2)34(38(47)41-19-25-52-22-8-3)26-30-9-13-32(14-10-30)42-37(46)31-11-15-33(16-12-31)53-54(48,49)29(4)5/h9-10,13-14,29,31,33-34H,6-8,11-12,15-28H2,1-5H3,(H,39,44)(H,40,45)(H,41,47)(H,42,46)(H,48,49). The molecule has 2 atom stereocenters. The van der Waals surface area contributed by atoms with Gasteiger partial charge in [0.15, 0.2) is 0 Å². The first-order valence-corrected chi connectivity index (χ1v) is 21.2. The van der Waals surface area contributed by atoms with E-state index in [1.54, 1.807) is 30.9 Å².